The smallest absolute Gasteiger partial charge is 0.313 e. The first-order valence-electron chi connectivity index (χ1n) is 9.12. The van der Waals surface area contributed by atoms with E-state index < -0.39 is 0 Å². The molecule has 126 valence electrons. The summed E-state index contributed by atoms with van der Waals surface area (Å²) in [7, 11) is 1.65. The fourth-order valence-electron chi connectivity index (χ4n) is 6.86. The molecule has 2 aromatic carbocycles. The Bertz CT molecular complexity index is 862. The molecule has 0 N–H and O–H groups in total. The van der Waals surface area contributed by atoms with Crippen LogP contribution < -0.4 is 4.74 Å². The van der Waals surface area contributed by atoms with Gasteiger partial charge in [-0.2, -0.15) is 0 Å². The van der Waals surface area contributed by atoms with Crippen molar-refractivity contribution in [1.29, 1.82) is 0 Å². The highest BCUT2D eigenvalue weighted by Crippen LogP contribution is 3.04. The molecule has 2 aromatic rings. The Labute approximate surface area is 147 Å². The summed E-state index contributed by atoms with van der Waals surface area (Å²) in [4.78, 5) is 13.1. The molecule has 5 saturated carbocycles. The highest BCUT2D eigenvalue weighted by atomic mass is 16.5. The van der Waals surface area contributed by atoms with Gasteiger partial charge in [0, 0.05) is 5.41 Å². The molecule has 0 heterocycles. The average Bonchev–Trinajstić information content (AvgIpc) is 3.31. The molecule has 2 bridgehead atoms. The molecule has 0 aliphatic heterocycles. The Morgan fingerprint density at radius 3 is 2.44 bits per heavy atom. The number of esters is 1. The van der Waals surface area contributed by atoms with Gasteiger partial charge >= 0.3 is 5.97 Å². The molecular weight excluding hydrogens is 312 g/mol. The summed E-state index contributed by atoms with van der Waals surface area (Å²) in [5.41, 5.74) is 2.29. The largest absolute Gasteiger partial charge is 0.497 e. The maximum atomic E-state index is 13.1. The van der Waals surface area contributed by atoms with Gasteiger partial charge in [-0.25, -0.2) is 0 Å². The minimum absolute atomic E-state index is 0.0402. The van der Waals surface area contributed by atoms with Gasteiger partial charge in [0.15, 0.2) is 0 Å². The molecule has 3 nitrogen and oxygen atoms in total. The Hall–Kier alpha value is -2.29. The molecule has 25 heavy (non-hydrogen) atoms. The second-order valence-corrected chi connectivity index (χ2v) is 8.03. The molecule has 6 atom stereocenters. The van der Waals surface area contributed by atoms with Crippen molar-refractivity contribution >= 4 is 5.97 Å². The number of rotatable bonds is 5. The molecule has 0 amide bonds. The number of hydrogen-bond acceptors (Lipinski definition) is 3. The Morgan fingerprint density at radius 2 is 1.80 bits per heavy atom. The fraction of sp³-hybridized carbons (Fsp3) is 0.409. The molecule has 5 aliphatic carbocycles. The van der Waals surface area contributed by atoms with Gasteiger partial charge in [-0.1, -0.05) is 42.5 Å². The van der Waals surface area contributed by atoms with Crippen molar-refractivity contribution in [2.75, 3.05) is 7.11 Å². The van der Waals surface area contributed by atoms with Crippen molar-refractivity contribution in [2.24, 2.45) is 29.1 Å². The fourth-order valence-corrected chi connectivity index (χ4v) is 6.86. The summed E-state index contributed by atoms with van der Waals surface area (Å²) in [6.45, 7) is 0.351. The third kappa shape index (κ3) is 1.33. The van der Waals surface area contributed by atoms with Gasteiger partial charge in [-0.15, -0.1) is 0 Å². The van der Waals surface area contributed by atoms with Gasteiger partial charge in [-0.3, -0.25) is 4.79 Å². The van der Waals surface area contributed by atoms with Crippen molar-refractivity contribution in [3.63, 3.8) is 0 Å². The maximum Gasteiger partial charge on any atom is 0.313 e. The van der Waals surface area contributed by atoms with Gasteiger partial charge < -0.3 is 9.47 Å². The Balaban J connectivity index is 1.24. The zero-order valence-corrected chi connectivity index (χ0v) is 14.1. The highest BCUT2D eigenvalue weighted by molar-refractivity contribution is 5.92. The summed E-state index contributed by atoms with van der Waals surface area (Å²) < 4.78 is 11.0. The predicted molar refractivity (Wildman–Crippen MR) is 91.9 cm³/mol. The van der Waals surface area contributed by atoms with Crippen LogP contribution in [0.1, 0.15) is 17.5 Å². The zero-order chi connectivity index (χ0) is 16.8. The zero-order valence-electron chi connectivity index (χ0n) is 14.1. The first-order valence-corrected chi connectivity index (χ1v) is 9.12. The molecule has 6 unspecified atom stereocenters. The van der Waals surface area contributed by atoms with Gasteiger partial charge in [0.2, 0.25) is 0 Å². The number of benzene rings is 2. The molecule has 3 heteroatoms. The summed E-state index contributed by atoms with van der Waals surface area (Å²) >= 11 is 0. The number of carbonyl (C=O) groups excluding carboxylic acids is 1. The van der Waals surface area contributed by atoms with Crippen molar-refractivity contribution in [2.45, 2.75) is 18.4 Å². The third-order valence-corrected chi connectivity index (χ3v) is 7.57. The number of ether oxygens (including phenoxy) is 2. The van der Waals surface area contributed by atoms with Crippen molar-refractivity contribution < 1.29 is 14.3 Å². The Morgan fingerprint density at radius 1 is 1.04 bits per heavy atom. The van der Waals surface area contributed by atoms with Crippen molar-refractivity contribution in [3.05, 3.63) is 65.7 Å². The topological polar surface area (TPSA) is 35.5 Å². The normalized spacial score (nSPS) is 40.7. The SMILES string of the molecule is COc1ccc(COC(=O)C23C4CC5C(C42)C53c2ccccc2)cc1. The second kappa shape index (κ2) is 4.27. The molecule has 7 rings (SSSR count). The minimum atomic E-state index is -0.198. The molecule has 0 spiro atoms. The monoisotopic (exact) mass is 332 g/mol. The van der Waals surface area contributed by atoms with E-state index in [1.54, 1.807) is 7.11 Å². The third-order valence-electron chi connectivity index (χ3n) is 7.57. The second-order valence-electron chi connectivity index (χ2n) is 8.03. The van der Waals surface area contributed by atoms with Crippen molar-refractivity contribution in [1.82, 2.24) is 0 Å². The van der Waals surface area contributed by atoms with E-state index in [9.17, 15) is 4.79 Å². The lowest BCUT2D eigenvalue weighted by Gasteiger charge is -2.35. The summed E-state index contributed by atoms with van der Waals surface area (Å²) in [6.07, 6.45) is 1.22. The summed E-state index contributed by atoms with van der Waals surface area (Å²) in [6, 6.07) is 18.4. The van der Waals surface area contributed by atoms with Crippen LogP contribution in [0.2, 0.25) is 0 Å². The lowest BCUT2D eigenvalue weighted by Crippen LogP contribution is -2.42. The van der Waals surface area contributed by atoms with Crippen LogP contribution in [0.15, 0.2) is 54.6 Å². The van der Waals surface area contributed by atoms with E-state index in [2.05, 4.69) is 30.3 Å². The van der Waals surface area contributed by atoms with Crippen LogP contribution in [-0.4, -0.2) is 13.1 Å². The van der Waals surface area contributed by atoms with Crippen LogP contribution in [0.4, 0.5) is 0 Å². The van der Waals surface area contributed by atoms with Crippen LogP contribution in [0.5, 0.6) is 5.75 Å². The molecule has 0 radical (unpaired) electrons. The molecule has 5 fully saturated rings. The number of methoxy groups -OCH3 is 1. The minimum Gasteiger partial charge on any atom is -0.497 e. The van der Waals surface area contributed by atoms with E-state index in [0.717, 1.165) is 23.1 Å². The van der Waals surface area contributed by atoms with E-state index >= 15 is 0 Å². The first-order chi connectivity index (χ1) is 12.3. The van der Waals surface area contributed by atoms with E-state index in [0.29, 0.717) is 18.4 Å². The lowest BCUT2D eigenvalue weighted by atomic mass is 9.68. The summed E-state index contributed by atoms with van der Waals surface area (Å²) in [5.74, 6) is 3.50. The Kier molecular flexibility index (Phi) is 2.38. The van der Waals surface area contributed by atoms with Crippen LogP contribution in [-0.2, 0) is 21.6 Å². The van der Waals surface area contributed by atoms with Gasteiger partial charge in [0.1, 0.15) is 12.4 Å². The summed E-state index contributed by atoms with van der Waals surface area (Å²) in [5, 5.41) is 0. The standard InChI is InChI=1S/C22H20O3/c1-24-15-9-7-13(8-10-15)12-25-20(23)22-17-11-16-18(19(17)22)21(16,22)14-5-3-2-4-6-14/h2-10,16-19H,11-12H2,1H3. The number of carbonyl (C=O) groups is 1. The molecular formula is C22H20O3. The van der Waals surface area contributed by atoms with Gasteiger partial charge in [-0.05, 0) is 53.4 Å². The number of hydrogen-bond donors (Lipinski definition) is 0. The van der Waals surface area contributed by atoms with Crippen LogP contribution in [0.25, 0.3) is 0 Å². The van der Waals surface area contributed by atoms with Crippen LogP contribution >= 0.6 is 0 Å². The van der Waals surface area contributed by atoms with Gasteiger partial charge in [0.05, 0.1) is 12.5 Å². The van der Waals surface area contributed by atoms with E-state index in [1.165, 1.54) is 12.0 Å². The molecule has 0 aromatic heterocycles. The predicted octanol–water partition coefficient (Wildman–Crippen LogP) is 3.57. The van der Waals surface area contributed by atoms with Crippen molar-refractivity contribution in [3.8, 4) is 5.75 Å². The van der Waals surface area contributed by atoms with Crippen LogP contribution in [0.3, 0.4) is 0 Å². The highest BCUT2D eigenvalue weighted by Gasteiger charge is 3.07. The van der Waals surface area contributed by atoms with E-state index in [1.807, 2.05) is 24.3 Å². The molecule has 0 saturated heterocycles. The molecule has 5 aliphatic rings. The average molecular weight is 332 g/mol. The maximum absolute atomic E-state index is 13.1. The van der Waals surface area contributed by atoms with Crippen LogP contribution in [0, 0.1) is 29.1 Å². The van der Waals surface area contributed by atoms with E-state index in [-0.39, 0.29) is 16.8 Å². The quantitative estimate of drug-likeness (QED) is 0.785. The van der Waals surface area contributed by atoms with E-state index in [4.69, 9.17) is 9.47 Å². The first kappa shape index (κ1) is 13.9. The lowest BCUT2D eigenvalue weighted by molar-refractivity contribution is -0.157. The van der Waals surface area contributed by atoms with Gasteiger partial charge in [0.25, 0.3) is 0 Å².